The molecular weight excluding hydrogens is 313 g/mol. The average Bonchev–Trinajstić information content (AvgIpc) is 2.46. The molecule has 0 saturated carbocycles. The van der Waals surface area contributed by atoms with Gasteiger partial charge in [0, 0.05) is 12.6 Å². The van der Waals surface area contributed by atoms with Gasteiger partial charge in [0.05, 0.1) is 14.2 Å². The first kappa shape index (κ1) is 18.0. The molecule has 0 aromatic heterocycles. The van der Waals surface area contributed by atoms with Crippen molar-refractivity contribution in [2.24, 2.45) is 0 Å². The molecule has 0 saturated heterocycles. The fourth-order valence-corrected chi connectivity index (χ4v) is 1.61. The van der Waals surface area contributed by atoms with Gasteiger partial charge in [0.1, 0.15) is 11.5 Å². The summed E-state index contributed by atoms with van der Waals surface area (Å²) in [5.74, 6) is -6.94. The Morgan fingerprint density at radius 1 is 1.14 bits per heavy atom. The van der Waals surface area contributed by atoms with E-state index in [0.29, 0.717) is 17.1 Å². The van der Waals surface area contributed by atoms with Crippen LogP contribution in [0.4, 0.5) is 22.0 Å². The second-order valence-corrected chi connectivity index (χ2v) is 4.26. The summed E-state index contributed by atoms with van der Waals surface area (Å²) in [5, 5.41) is 1.56. The van der Waals surface area contributed by atoms with Gasteiger partial charge in [-0.3, -0.25) is 4.79 Å². The molecule has 0 heterocycles. The monoisotopic (exact) mass is 327 g/mol. The number of halogens is 5. The number of hydrogen-bond acceptors (Lipinski definition) is 3. The van der Waals surface area contributed by atoms with E-state index in [4.69, 9.17) is 9.47 Å². The molecule has 4 nitrogen and oxygen atoms in total. The molecular formula is C13H14F5NO3. The van der Waals surface area contributed by atoms with Crippen molar-refractivity contribution in [2.45, 2.75) is 18.5 Å². The maximum absolute atomic E-state index is 12.7. The van der Waals surface area contributed by atoms with Crippen molar-refractivity contribution < 1.29 is 36.2 Å². The predicted molar refractivity (Wildman–Crippen MR) is 67.3 cm³/mol. The van der Waals surface area contributed by atoms with Crippen LogP contribution in [-0.4, -0.2) is 38.8 Å². The fraction of sp³-hybridized carbons (Fsp3) is 0.462. The predicted octanol–water partition coefficient (Wildman–Crippen LogP) is 2.56. The lowest BCUT2D eigenvalue weighted by atomic mass is 10.1. The Kier molecular flexibility index (Phi) is 5.56. The number of rotatable bonds is 6. The smallest absolute Gasteiger partial charge is 0.463 e. The van der Waals surface area contributed by atoms with Crippen molar-refractivity contribution >= 4 is 5.91 Å². The summed E-state index contributed by atoms with van der Waals surface area (Å²) in [5.41, 5.74) is 0.527. The molecule has 1 N–H and O–H groups in total. The van der Waals surface area contributed by atoms with Gasteiger partial charge in [-0.2, -0.15) is 22.0 Å². The number of hydrogen-bond donors (Lipinski definition) is 1. The van der Waals surface area contributed by atoms with E-state index in [2.05, 4.69) is 0 Å². The zero-order valence-electron chi connectivity index (χ0n) is 11.8. The summed E-state index contributed by atoms with van der Waals surface area (Å²) in [4.78, 5) is 10.9. The van der Waals surface area contributed by atoms with Gasteiger partial charge in [-0.05, 0) is 18.1 Å². The molecule has 0 atom stereocenters. The minimum absolute atomic E-state index is 0.0207. The van der Waals surface area contributed by atoms with Crippen LogP contribution in [0.2, 0.25) is 0 Å². The van der Waals surface area contributed by atoms with Crippen molar-refractivity contribution in [2.75, 3.05) is 20.8 Å². The van der Waals surface area contributed by atoms with Crippen LogP contribution in [-0.2, 0) is 11.2 Å². The number of alkyl halides is 5. The Morgan fingerprint density at radius 3 is 2.27 bits per heavy atom. The molecule has 1 amide bonds. The largest absolute Gasteiger partial charge is 0.497 e. The van der Waals surface area contributed by atoms with Crippen LogP contribution in [0.5, 0.6) is 11.5 Å². The highest BCUT2D eigenvalue weighted by molar-refractivity contribution is 5.84. The summed E-state index contributed by atoms with van der Waals surface area (Å²) in [6, 6.07) is 4.66. The van der Waals surface area contributed by atoms with Gasteiger partial charge in [0.2, 0.25) is 0 Å². The maximum atomic E-state index is 12.7. The summed E-state index contributed by atoms with van der Waals surface area (Å²) in [7, 11) is 2.81. The number of nitrogens with one attached hydrogen (secondary N) is 1. The second kappa shape index (κ2) is 6.80. The molecule has 0 spiro atoms. The van der Waals surface area contributed by atoms with Crippen molar-refractivity contribution in [3.8, 4) is 11.5 Å². The van der Waals surface area contributed by atoms with Crippen LogP contribution in [0.1, 0.15) is 5.56 Å². The number of ether oxygens (including phenoxy) is 2. The molecule has 124 valence electrons. The van der Waals surface area contributed by atoms with Crippen LogP contribution in [0.15, 0.2) is 18.2 Å². The lowest BCUT2D eigenvalue weighted by Gasteiger charge is -2.18. The van der Waals surface area contributed by atoms with Crippen molar-refractivity contribution in [1.82, 2.24) is 5.32 Å². The standard InChI is InChI=1S/C13H14F5NO3/c1-21-9-4-3-8(10(7-9)22-2)5-6-19-11(20)12(14,15)13(16,17)18/h3-4,7H,5-6H2,1-2H3,(H,19,20). The molecule has 1 rings (SSSR count). The van der Waals surface area contributed by atoms with Crippen molar-refractivity contribution in [1.29, 1.82) is 0 Å². The number of methoxy groups -OCH3 is 2. The minimum atomic E-state index is -5.92. The van der Waals surface area contributed by atoms with Crippen LogP contribution in [0, 0.1) is 0 Å². The molecule has 0 bridgehead atoms. The third-order valence-corrected chi connectivity index (χ3v) is 2.82. The first-order valence-corrected chi connectivity index (χ1v) is 6.07. The normalized spacial score (nSPS) is 12.0. The molecule has 1 aromatic rings. The number of amides is 1. The van der Waals surface area contributed by atoms with Gasteiger partial charge in [-0.25, -0.2) is 0 Å². The Hall–Kier alpha value is -2.06. The van der Waals surface area contributed by atoms with Gasteiger partial charge >= 0.3 is 12.1 Å². The third-order valence-electron chi connectivity index (χ3n) is 2.82. The Bertz CT molecular complexity index is 531. The highest BCUT2D eigenvalue weighted by Gasteiger charge is 2.63. The molecule has 0 radical (unpaired) electrons. The summed E-state index contributed by atoms with van der Waals surface area (Å²) in [6.07, 6.45) is -5.90. The van der Waals surface area contributed by atoms with E-state index < -0.39 is 24.6 Å². The zero-order chi connectivity index (χ0) is 17.0. The van der Waals surface area contributed by atoms with Gasteiger partial charge in [0.15, 0.2) is 0 Å². The molecule has 0 aliphatic heterocycles. The van der Waals surface area contributed by atoms with E-state index in [9.17, 15) is 26.7 Å². The number of carbonyl (C=O) groups is 1. The maximum Gasteiger partial charge on any atom is 0.463 e. The minimum Gasteiger partial charge on any atom is -0.497 e. The molecule has 0 unspecified atom stereocenters. The topological polar surface area (TPSA) is 47.6 Å². The molecule has 1 aromatic carbocycles. The highest BCUT2D eigenvalue weighted by atomic mass is 19.4. The number of benzene rings is 1. The molecule has 0 fully saturated rings. The lowest BCUT2D eigenvalue weighted by molar-refractivity contribution is -0.269. The zero-order valence-corrected chi connectivity index (χ0v) is 11.8. The first-order chi connectivity index (χ1) is 10.1. The third kappa shape index (κ3) is 3.99. The molecule has 9 heteroatoms. The van der Waals surface area contributed by atoms with E-state index >= 15 is 0 Å². The molecule has 0 aliphatic rings. The van der Waals surface area contributed by atoms with Gasteiger partial charge in [-0.15, -0.1) is 0 Å². The average molecular weight is 327 g/mol. The van der Waals surface area contributed by atoms with E-state index in [1.165, 1.54) is 20.3 Å². The van der Waals surface area contributed by atoms with E-state index in [-0.39, 0.29) is 6.42 Å². The van der Waals surface area contributed by atoms with Crippen LogP contribution in [0.3, 0.4) is 0 Å². The van der Waals surface area contributed by atoms with Crippen LogP contribution < -0.4 is 14.8 Å². The lowest BCUT2D eigenvalue weighted by Crippen LogP contribution is -2.50. The highest BCUT2D eigenvalue weighted by Crippen LogP contribution is 2.35. The van der Waals surface area contributed by atoms with Crippen LogP contribution >= 0.6 is 0 Å². The van der Waals surface area contributed by atoms with Crippen LogP contribution in [0.25, 0.3) is 0 Å². The number of carbonyl (C=O) groups excluding carboxylic acids is 1. The van der Waals surface area contributed by atoms with E-state index in [1.54, 1.807) is 17.4 Å². The summed E-state index contributed by atoms with van der Waals surface area (Å²) in [6.45, 7) is -0.396. The van der Waals surface area contributed by atoms with Crippen molar-refractivity contribution in [3.05, 3.63) is 23.8 Å². The molecule has 22 heavy (non-hydrogen) atoms. The Morgan fingerprint density at radius 2 is 1.77 bits per heavy atom. The summed E-state index contributed by atoms with van der Waals surface area (Å²) < 4.78 is 71.4. The fourth-order valence-electron chi connectivity index (χ4n) is 1.61. The summed E-state index contributed by atoms with van der Waals surface area (Å²) >= 11 is 0. The van der Waals surface area contributed by atoms with E-state index in [0.717, 1.165) is 0 Å². The molecule has 0 aliphatic carbocycles. The van der Waals surface area contributed by atoms with Gasteiger partial charge in [0.25, 0.3) is 5.91 Å². The Labute approximate surface area is 123 Å². The SMILES string of the molecule is COc1ccc(CCNC(=O)C(F)(F)C(F)(F)F)c(OC)c1. The van der Waals surface area contributed by atoms with E-state index in [1.807, 2.05) is 0 Å². The quantitative estimate of drug-likeness (QED) is 0.817. The second-order valence-electron chi connectivity index (χ2n) is 4.26. The van der Waals surface area contributed by atoms with Crippen molar-refractivity contribution in [3.63, 3.8) is 0 Å². The first-order valence-electron chi connectivity index (χ1n) is 6.07. The van der Waals surface area contributed by atoms with Gasteiger partial charge in [-0.1, -0.05) is 6.07 Å². The Balaban J connectivity index is 2.67. The van der Waals surface area contributed by atoms with Gasteiger partial charge < -0.3 is 14.8 Å².